The third-order valence-corrected chi connectivity index (χ3v) is 6.00. The van der Waals surface area contributed by atoms with Crippen molar-refractivity contribution in [2.45, 2.75) is 25.0 Å². The number of furan rings is 1. The Hall–Kier alpha value is -2.36. The molecule has 1 aromatic heterocycles. The molecule has 3 rings (SSSR count). The molecule has 26 heavy (non-hydrogen) atoms. The number of ether oxygens (including phenoxy) is 1. The Kier molecular flexibility index (Phi) is 5.30. The first-order valence-corrected chi connectivity index (χ1v) is 9.54. The first kappa shape index (κ1) is 18.4. The number of rotatable bonds is 5. The Balaban J connectivity index is 1.76. The number of amides is 1. The molecule has 1 aromatic carbocycles. The third kappa shape index (κ3) is 3.90. The molecule has 2 heterocycles. The number of carbonyl (C=O) groups is 1. The highest BCUT2D eigenvalue weighted by Gasteiger charge is 2.40. The normalized spacial score (nSPS) is 22.7. The Morgan fingerprint density at radius 3 is 2.69 bits per heavy atom. The summed E-state index contributed by atoms with van der Waals surface area (Å²) in [5, 5.41) is 2.73. The summed E-state index contributed by atoms with van der Waals surface area (Å²) in [5.74, 6) is 0.911. The number of hydrogen-bond acceptors (Lipinski definition) is 5. The van der Waals surface area contributed by atoms with E-state index in [4.69, 9.17) is 9.15 Å². The second kappa shape index (κ2) is 7.48. The molecule has 1 aliphatic rings. The molecule has 140 valence electrons. The molecule has 0 saturated carbocycles. The highest BCUT2D eigenvalue weighted by molar-refractivity contribution is 7.87. The van der Waals surface area contributed by atoms with Crippen molar-refractivity contribution in [1.29, 1.82) is 0 Å². The van der Waals surface area contributed by atoms with Crippen molar-refractivity contribution in [3.63, 3.8) is 0 Å². The van der Waals surface area contributed by atoms with Crippen LogP contribution >= 0.6 is 0 Å². The van der Waals surface area contributed by atoms with E-state index in [0.717, 1.165) is 9.87 Å². The van der Waals surface area contributed by atoms with Crippen molar-refractivity contribution in [2.75, 3.05) is 14.2 Å². The molecule has 0 radical (unpaired) electrons. The summed E-state index contributed by atoms with van der Waals surface area (Å²) >= 11 is 0. The molecule has 2 aromatic rings. The number of hydrogen-bond donors (Lipinski definition) is 2. The Morgan fingerprint density at radius 2 is 2.08 bits per heavy atom. The van der Waals surface area contributed by atoms with E-state index < -0.39 is 22.3 Å². The van der Waals surface area contributed by atoms with Gasteiger partial charge in [-0.3, -0.25) is 4.79 Å². The molecule has 0 aliphatic carbocycles. The van der Waals surface area contributed by atoms with Crippen molar-refractivity contribution in [1.82, 2.24) is 14.3 Å². The molecule has 2 N–H and O–H groups in total. The number of nitrogens with zero attached hydrogens (tertiary/aromatic N) is 1. The average molecular weight is 379 g/mol. The van der Waals surface area contributed by atoms with Gasteiger partial charge in [0.05, 0.1) is 19.9 Å². The van der Waals surface area contributed by atoms with Crippen LogP contribution in [0.1, 0.15) is 23.8 Å². The van der Waals surface area contributed by atoms with Crippen LogP contribution in [0.15, 0.2) is 47.1 Å². The van der Waals surface area contributed by atoms with E-state index in [0.29, 0.717) is 17.9 Å². The zero-order valence-electron chi connectivity index (χ0n) is 14.5. The van der Waals surface area contributed by atoms with Gasteiger partial charge in [0.2, 0.25) is 5.91 Å². The van der Waals surface area contributed by atoms with Gasteiger partial charge in [0, 0.05) is 13.1 Å². The molecule has 9 heteroatoms. The minimum atomic E-state index is -3.77. The maximum absolute atomic E-state index is 12.6. The monoisotopic (exact) mass is 379 g/mol. The van der Waals surface area contributed by atoms with Crippen LogP contribution in [0.2, 0.25) is 0 Å². The van der Waals surface area contributed by atoms with Gasteiger partial charge in [-0.1, -0.05) is 12.1 Å². The van der Waals surface area contributed by atoms with Crippen LogP contribution in [-0.2, 0) is 21.5 Å². The molecular formula is C17H21N3O5S. The summed E-state index contributed by atoms with van der Waals surface area (Å²) in [6, 6.07) is 9.24. The summed E-state index contributed by atoms with van der Waals surface area (Å²) in [6.45, 7) is 0.205. The summed E-state index contributed by atoms with van der Waals surface area (Å²) < 4.78 is 38.8. The second-order valence-electron chi connectivity index (χ2n) is 6.01. The molecule has 0 bridgehead atoms. The molecule has 0 unspecified atom stereocenters. The molecule has 1 amide bonds. The smallest absolute Gasteiger partial charge is 0.280 e. The van der Waals surface area contributed by atoms with Crippen molar-refractivity contribution in [3.05, 3.63) is 54.0 Å². The fourth-order valence-electron chi connectivity index (χ4n) is 2.87. The predicted octanol–water partition coefficient (Wildman–Crippen LogP) is 1.18. The molecular weight excluding hydrogens is 358 g/mol. The lowest BCUT2D eigenvalue weighted by Crippen LogP contribution is -2.57. The number of likely N-dealkylation sites (N-methyl/N-ethyl adjacent to an activating group) is 1. The lowest BCUT2D eigenvalue weighted by Gasteiger charge is -2.36. The van der Waals surface area contributed by atoms with Crippen LogP contribution in [-0.4, -0.2) is 38.8 Å². The second-order valence-corrected chi connectivity index (χ2v) is 7.78. The molecule has 2 atom stereocenters. The van der Waals surface area contributed by atoms with Crippen molar-refractivity contribution in [3.8, 4) is 5.75 Å². The van der Waals surface area contributed by atoms with Crippen LogP contribution in [0, 0.1) is 0 Å². The van der Waals surface area contributed by atoms with Gasteiger partial charge in [0.25, 0.3) is 10.2 Å². The molecule has 1 saturated heterocycles. The van der Waals surface area contributed by atoms with Gasteiger partial charge in [0.15, 0.2) is 0 Å². The molecule has 8 nitrogen and oxygen atoms in total. The summed E-state index contributed by atoms with van der Waals surface area (Å²) in [4.78, 5) is 12.6. The van der Waals surface area contributed by atoms with Gasteiger partial charge in [-0.05, 0) is 36.2 Å². The Labute approximate surface area is 152 Å². The minimum Gasteiger partial charge on any atom is -0.497 e. The maximum Gasteiger partial charge on any atom is 0.280 e. The van der Waals surface area contributed by atoms with Crippen LogP contribution in [0.3, 0.4) is 0 Å². The van der Waals surface area contributed by atoms with Crippen LogP contribution in [0.4, 0.5) is 0 Å². The Bertz CT molecular complexity index is 849. The zero-order valence-corrected chi connectivity index (χ0v) is 15.3. The lowest BCUT2D eigenvalue weighted by atomic mass is 9.99. The molecule has 1 aliphatic heterocycles. The highest BCUT2D eigenvalue weighted by atomic mass is 32.2. The maximum atomic E-state index is 12.6. The van der Waals surface area contributed by atoms with Gasteiger partial charge < -0.3 is 14.5 Å². The van der Waals surface area contributed by atoms with Crippen LogP contribution in [0.25, 0.3) is 0 Å². The number of carbonyl (C=O) groups excluding carboxylic acids is 1. The quantitative estimate of drug-likeness (QED) is 0.813. The highest BCUT2D eigenvalue weighted by Crippen LogP contribution is 2.28. The summed E-state index contributed by atoms with van der Waals surface area (Å²) in [7, 11) is -0.818. The van der Waals surface area contributed by atoms with E-state index in [-0.39, 0.29) is 12.5 Å². The average Bonchev–Trinajstić information content (AvgIpc) is 3.15. The fourth-order valence-corrected chi connectivity index (χ4v) is 4.14. The van der Waals surface area contributed by atoms with Crippen LogP contribution < -0.4 is 14.8 Å². The zero-order chi connectivity index (χ0) is 18.7. The fraction of sp³-hybridized carbons (Fsp3) is 0.353. The number of nitrogens with one attached hydrogen (secondary N) is 2. The Morgan fingerprint density at radius 1 is 1.35 bits per heavy atom. The number of methoxy groups -OCH3 is 1. The minimum absolute atomic E-state index is 0.205. The van der Waals surface area contributed by atoms with Gasteiger partial charge >= 0.3 is 0 Å². The van der Waals surface area contributed by atoms with E-state index in [1.165, 1.54) is 13.3 Å². The first-order chi connectivity index (χ1) is 12.4. The number of benzene rings is 1. The van der Waals surface area contributed by atoms with Gasteiger partial charge in [0.1, 0.15) is 17.6 Å². The van der Waals surface area contributed by atoms with Gasteiger partial charge in [-0.2, -0.15) is 17.4 Å². The van der Waals surface area contributed by atoms with Crippen molar-refractivity contribution >= 4 is 16.1 Å². The summed E-state index contributed by atoms with van der Waals surface area (Å²) in [5.41, 5.74) is 0.770. The first-order valence-electron chi connectivity index (χ1n) is 8.10. The van der Waals surface area contributed by atoms with E-state index >= 15 is 0 Å². The van der Waals surface area contributed by atoms with Gasteiger partial charge in [-0.25, -0.2) is 0 Å². The van der Waals surface area contributed by atoms with E-state index in [9.17, 15) is 13.2 Å². The third-order valence-electron chi connectivity index (χ3n) is 4.41. The van der Waals surface area contributed by atoms with Crippen LogP contribution in [0.5, 0.6) is 5.75 Å². The predicted molar refractivity (Wildman–Crippen MR) is 94.5 cm³/mol. The standard InChI is InChI=1S/C17H21N3O5S/c1-20-16(17(21)18-11-14-4-3-9-25-14)10-15(19-26(20,22)23)12-5-7-13(24-2)8-6-12/h3-9,15-16,19H,10-11H2,1-2H3,(H,18,21)/t15-,16+/m0/s1. The molecule has 0 spiro atoms. The van der Waals surface area contributed by atoms with E-state index in [2.05, 4.69) is 10.0 Å². The van der Waals surface area contributed by atoms with E-state index in [1.54, 1.807) is 43.5 Å². The summed E-state index contributed by atoms with van der Waals surface area (Å²) in [6.07, 6.45) is 1.83. The molecule has 1 fully saturated rings. The SMILES string of the molecule is COc1ccc([C@@H]2C[C@H](C(=O)NCc3ccco3)N(C)S(=O)(=O)N2)cc1. The lowest BCUT2D eigenvalue weighted by molar-refractivity contribution is -0.125. The van der Waals surface area contributed by atoms with Crippen molar-refractivity contribution in [2.24, 2.45) is 0 Å². The topological polar surface area (TPSA) is 101 Å². The van der Waals surface area contributed by atoms with E-state index in [1.807, 2.05) is 0 Å². The van der Waals surface area contributed by atoms with Gasteiger partial charge in [-0.15, -0.1) is 0 Å². The van der Waals surface area contributed by atoms with Crippen molar-refractivity contribution < 1.29 is 22.4 Å². The largest absolute Gasteiger partial charge is 0.497 e.